The van der Waals surface area contributed by atoms with Gasteiger partial charge < -0.3 is 19.1 Å². The number of hydrogen-bond donors (Lipinski definition) is 1. The Hall–Kier alpha value is -4.59. The van der Waals surface area contributed by atoms with Crippen LogP contribution >= 0.6 is 0 Å². The lowest BCUT2D eigenvalue weighted by Gasteiger charge is -2.25. The average Bonchev–Trinajstić information content (AvgIpc) is 3.37. The highest BCUT2D eigenvalue weighted by Gasteiger charge is 2.48. The van der Waals surface area contributed by atoms with Gasteiger partial charge in [0.1, 0.15) is 23.1 Å². The van der Waals surface area contributed by atoms with Gasteiger partial charge in [-0.1, -0.05) is 18.2 Å². The lowest BCUT2D eigenvalue weighted by molar-refractivity contribution is -0.132. The summed E-state index contributed by atoms with van der Waals surface area (Å²) in [7, 11) is 4.77. The number of halogens is 1. The Morgan fingerprint density at radius 1 is 0.972 bits per heavy atom. The molecule has 0 saturated carbocycles. The minimum atomic E-state index is -0.975. The molecule has 2 heterocycles. The van der Waals surface area contributed by atoms with Gasteiger partial charge in [0.25, 0.3) is 11.7 Å². The van der Waals surface area contributed by atoms with Crippen molar-refractivity contribution >= 4 is 34.0 Å². The number of aryl methyl sites for hydroxylation is 1. The SMILES string of the molecule is COc1ccc(N2C(=O)C(=O)/C(=C(/O)c3cc(F)ccc3OC)C2c2cn(C)c3ccccc23)cc1. The van der Waals surface area contributed by atoms with Crippen LogP contribution in [-0.4, -0.2) is 35.6 Å². The molecule has 1 N–H and O–H groups in total. The molecule has 8 heteroatoms. The maximum Gasteiger partial charge on any atom is 0.300 e. The van der Waals surface area contributed by atoms with Crippen molar-refractivity contribution in [3.8, 4) is 11.5 Å². The molecule has 1 aromatic heterocycles. The molecule has 7 nitrogen and oxygen atoms in total. The second-order valence-electron chi connectivity index (χ2n) is 8.42. The molecular weight excluding hydrogens is 463 g/mol. The number of ether oxygens (including phenoxy) is 2. The zero-order valence-electron chi connectivity index (χ0n) is 19.9. The molecule has 0 spiro atoms. The molecule has 1 saturated heterocycles. The molecule has 1 amide bonds. The van der Waals surface area contributed by atoms with E-state index >= 15 is 0 Å². The number of hydrogen-bond acceptors (Lipinski definition) is 5. The Kier molecular flexibility index (Phi) is 5.72. The first kappa shape index (κ1) is 23.2. The normalized spacial score (nSPS) is 17.1. The number of anilines is 1. The standard InChI is InChI=1S/C28H23FN2O5/c1-30-15-21(19-6-4-5-7-22(19)30)25-24(26(32)20-14-16(29)8-13-23(20)36-3)27(33)28(34)31(25)17-9-11-18(35-2)12-10-17/h4-15,25,32H,1-3H3/b26-24+. The lowest BCUT2D eigenvalue weighted by Crippen LogP contribution is -2.29. The molecule has 3 aromatic carbocycles. The molecule has 36 heavy (non-hydrogen) atoms. The van der Waals surface area contributed by atoms with Crippen molar-refractivity contribution < 1.29 is 28.6 Å². The molecule has 0 aliphatic carbocycles. The number of benzene rings is 3. The Morgan fingerprint density at radius 2 is 1.69 bits per heavy atom. The minimum absolute atomic E-state index is 0.0181. The van der Waals surface area contributed by atoms with Gasteiger partial charge in [-0.05, 0) is 48.5 Å². The molecule has 4 aromatic rings. The molecule has 5 rings (SSSR count). The van der Waals surface area contributed by atoms with E-state index in [2.05, 4.69) is 0 Å². The third kappa shape index (κ3) is 3.58. The van der Waals surface area contributed by atoms with E-state index in [1.54, 1.807) is 24.3 Å². The van der Waals surface area contributed by atoms with E-state index in [9.17, 15) is 19.1 Å². The van der Waals surface area contributed by atoms with E-state index in [0.29, 0.717) is 17.0 Å². The number of aliphatic hydroxyl groups is 1. The van der Waals surface area contributed by atoms with Crippen LogP contribution in [0.15, 0.2) is 78.5 Å². The van der Waals surface area contributed by atoms with Gasteiger partial charge in [-0.25, -0.2) is 4.39 Å². The van der Waals surface area contributed by atoms with Crippen LogP contribution in [0, 0.1) is 5.82 Å². The number of aliphatic hydroxyl groups excluding tert-OH is 1. The second kappa shape index (κ2) is 8.88. The summed E-state index contributed by atoms with van der Waals surface area (Å²) in [5.74, 6) is -2.08. The van der Waals surface area contributed by atoms with Crippen LogP contribution in [0.5, 0.6) is 11.5 Å². The van der Waals surface area contributed by atoms with Crippen molar-refractivity contribution in [2.24, 2.45) is 7.05 Å². The van der Waals surface area contributed by atoms with Gasteiger partial charge in [0, 0.05) is 35.4 Å². The highest BCUT2D eigenvalue weighted by atomic mass is 19.1. The van der Waals surface area contributed by atoms with Gasteiger partial charge in [-0.3, -0.25) is 14.5 Å². The maximum absolute atomic E-state index is 14.2. The quantitative estimate of drug-likeness (QED) is 0.245. The third-order valence-corrected chi connectivity index (χ3v) is 6.43. The van der Waals surface area contributed by atoms with E-state index in [1.165, 1.54) is 31.3 Å². The van der Waals surface area contributed by atoms with Crippen LogP contribution in [0.3, 0.4) is 0 Å². The summed E-state index contributed by atoms with van der Waals surface area (Å²) >= 11 is 0. The summed E-state index contributed by atoms with van der Waals surface area (Å²) in [5, 5.41) is 12.2. The lowest BCUT2D eigenvalue weighted by atomic mass is 9.94. The van der Waals surface area contributed by atoms with Gasteiger partial charge in [-0.15, -0.1) is 0 Å². The van der Waals surface area contributed by atoms with E-state index in [4.69, 9.17) is 9.47 Å². The average molecular weight is 486 g/mol. The fourth-order valence-corrected chi connectivity index (χ4v) is 4.74. The Bertz CT molecular complexity index is 1540. The van der Waals surface area contributed by atoms with Gasteiger partial charge in [0.2, 0.25) is 0 Å². The Balaban J connectivity index is 1.81. The highest BCUT2D eigenvalue weighted by molar-refractivity contribution is 6.52. The zero-order chi connectivity index (χ0) is 25.6. The van der Waals surface area contributed by atoms with Crippen molar-refractivity contribution in [3.63, 3.8) is 0 Å². The number of carbonyl (C=O) groups excluding carboxylic acids is 2. The molecule has 1 atom stereocenters. The summed E-state index contributed by atoms with van der Waals surface area (Å²) in [6, 6.07) is 16.9. The largest absolute Gasteiger partial charge is 0.507 e. The first-order chi connectivity index (χ1) is 17.3. The van der Waals surface area contributed by atoms with Gasteiger partial charge in [0.15, 0.2) is 0 Å². The predicted octanol–water partition coefficient (Wildman–Crippen LogP) is 4.96. The molecule has 0 radical (unpaired) electrons. The van der Waals surface area contributed by atoms with Crippen LogP contribution in [0.1, 0.15) is 17.2 Å². The minimum Gasteiger partial charge on any atom is -0.507 e. The maximum atomic E-state index is 14.2. The molecule has 1 aliphatic rings. The smallest absolute Gasteiger partial charge is 0.300 e. The third-order valence-electron chi connectivity index (χ3n) is 6.43. The second-order valence-corrected chi connectivity index (χ2v) is 8.42. The van der Waals surface area contributed by atoms with Crippen molar-refractivity contribution in [2.45, 2.75) is 6.04 Å². The number of rotatable bonds is 5. The number of Topliss-reactive ketones (excluding diaryl/α,β-unsaturated/α-hetero) is 1. The number of carbonyl (C=O) groups is 2. The van der Waals surface area contributed by atoms with Crippen molar-refractivity contribution in [2.75, 3.05) is 19.1 Å². The van der Waals surface area contributed by atoms with E-state index in [-0.39, 0.29) is 16.9 Å². The van der Waals surface area contributed by atoms with E-state index in [0.717, 1.165) is 17.0 Å². The monoisotopic (exact) mass is 486 g/mol. The van der Waals surface area contributed by atoms with Crippen molar-refractivity contribution in [3.05, 3.63) is 95.4 Å². The number of fused-ring (bicyclic) bond motifs is 1. The number of para-hydroxylation sites is 1. The van der Waals surface area contributed by atoms with E-state index in [1.807, 2.05) is 42.1 Å². The van der Waals surface area contributed by atoms with Gasteiger partial charge in [-0.2, -0.15) is 0 Å². The summed E-state index contributed by atoms with van der Waals surface area (Å²) in [4.78, 5) is 28.3. The Morgan fingerprint density at radius 3 is 2.39 bits per heavy atom. The summed E-state index contributed by atoms with van der Waals surface area (Å²) in [6.45, 7) is 0. The van der Waals surface area contributed by atoms with Gasteiger partial charge >= 0.3 is 0 Å². The summed E-state index contributed by atoms with van der Waals surface area (Å²) in [5.41, 5.74) is 1.80. The summed E-state index contributed by atoms with van der Waals surface area (Å²) in [6.07, 6.45) is 1.83. The van der Waals surface area contributed by atoms with E-state index < -0.39 is 29.3 Å². The van der Waals surface area contributed by atoms with Crippen molar-refractivity contribution in [1.82, 2.24) is 4.57 Å². The molecule has 1 unspecified atom stereocenters. The summed E-state index contributed by atoms with van der Waals surface area (Å²) < 4.78 is 26.6. The number of aromatic nitrogens is 1. The van der Waals surface area contributed by atoms with Crippen LogP contribution in [0.2, 0.25) is 0 Å². The Labute approximate surface area is 206 Å². The van der Waals surface area contributed by atoms with Gasteiger partial charge in [0.05, 0.1) is 31.4 Å². The zero-order valence-corrected chi connectivity index (χ0v) is 19.9. The fraction of sp³-hybridized carbons (Fsp3) is 0.143. The van der Waals surface area contributed by atoms with Crippen LogP contribution in [0.4, 0.5) is 10.1 Å². The number of ketones is 1. The first-order valence-corrected chi connectivity index (χ1v) is 11.2. The number of methoxy groups -OCH3 is 2. The van der Waals surface area contributed by atoms with Crippen LogP contribution in [0.25, 0.3) is 16.7 Å². The topological polar surface area (TPSA) is 81.0 Å². The van der Waals surface area contributed by atoms with Crippen LogP contribution in [-0.2, 0) is 16.6 Å². The molecule has 0 bridgehead atoms. The first-order valence-electron chi connectivity index (χ1n) is 11.2. The molecule has 1 fully saturated rings. The number of amides is 1. The number of nitrogens with zero attached hydrogens (tertiary/aromatic N) is 2. The highest BCUT2D eigenvalue weighted by Crippen LogP contribution is 2.45. The predicted molar refractivity (Wildman–Crippen MR) is 134 cm³/mol. The fourth-order valence-electron chi connectivity index (χ4n) is 4.74. The molecule has 1 aliphatic heterocycles. The van der Waals surface area contributed by atoms with Crippen molar-refractivity contribution in [1.29, 1.82) is 0 Å². The van der Waals surface area contributed by atoms with Crippen LogP contribution < -0.4 is 14.4 Å². The molecular formula is C28H23FN2O5. The molecule has 182 valence electrons.